The van der Waals surface area contributed by atoms with Gasteiger partial charge in [-0.1, -0.05) is 53.8 Å². The van der Waals surface area contributed by atoms with Crippen molar-refractivity contribution in [1.29, 1.82) is 0 Å². The largest absolute Gasteiger partial charge is 0.484 e. The minimum absolute atomic E-state index is 0.0262. The van der Waals surface area contributed by atoms with E-state index < -0.39 is 0 Å². The van der Waals surface area contributed by atoms with Crippen LogP contribution in [0.5, 0.6) is 5.75 Å². The SMILES string of the molecule is Cc1c#csc1C(C)Oc1cccc2ccccc12. The lowest BCUT2D eigenvalue weighted by Gasteiger charge is -2.15. The van der Waals surface area contributed by atoms with Gasteiger partial charge < -0.3 is 4.74 Å². The molecule has 0 aliphatic heterocycles. The van der Waals surface area contributed by atoms with Gasteiger partial charge in [-0.15, -0.1) is 0 Å². The van der Waals surface area contributed by atoms with E-state index in [4.69, 9.17) is 4.74 Å². The van der Waals surface area contributed by atoms with Crippen LogP contribution in [0.4, 0.5) is 0 Å². The fourth-order valence-electron chi connectivity index (χ4n) is 2.23. The Morgan fingerprint density at radius 2 is 1.89 bits per heavy atom. The first-order chi connectivity index (χ1) is 9.25. The maximum Gasteiger partial charge on any atom is 0.132 e. The molecule has 0 N–H and O–H groups in total. The highest BCUT2D eigenvalue weighted by atomic mass is 32.1. The molecular weight excluding hydrogens is 252 g/mol. The van der Waals surface area contributed by atoms with Gasteiger partial charge in [0.25, 0.3) is 0 Å². The molecular formula is C17H14OS. The van der Waals surface area contributed by atoms with E-state index in [9.17, 15) is 0 Å². The Bertz CT molecular complexity index is 694. The molecule has 0 amide bonds. The molecule has 1 aromatic heterocycles. The summed E-state index contributed by atoms with van der Waals surface area (Å²) >= 11 is 1.58. The van der Waals surface area contributed by atoms with Gasteiger partial charge in [0.2, 0.25) is 0 Å². The van der Waals surface area contributed by atoms with Crippen LogP contribution in [0.1, 0.15) is 23.5 Å². The van der Waals surface area contributed by atoms with Crippen molar-refractivity contribution in [3.63, 3.8) is 0 Å². The third kappa shape index (κ3) is 2.30. The fraction of sp³-hybridized carbons (Fsp3) is 0.176. The van der Waals surface area contributed by atoms with E-state index in [2.05, 4.69) is 36.6 Å². The number of hydrogen-bond donors (Lipinski definition) is 0. The molecule has 0 radical (unpaired) electrons. The highest BCUT2D eigenvalue weighted by Crippen LogP contribution is 2.31. The summed E-state index contributed by atoms with van der Waals surface area (Å²) in [6.45, 7) is 4.12. The van der Waals surface area contributed by atoms with E-state index in [1.807, 2.05) is 31.2 Å². The van der Waals surface area contributed by atoms with Crippen molar-refractivity contribution >= 4 is 22.1 Å². The van der Waals surface area contributed by atoms with Gasteiger partial charge in [0.15, 0.2) is 0 Å². The molecule has 2 heteroatoms. The summed E-state index contributed by atoms with van der Waals surface area (Å²) in [5, 5.41) is 5.39. The molecule has 1 unspecified atom stereocenters. The smallest absolute Gasteiger partial charge is 0.132 e. The average molecular weight is 266 g/mol. The van der Waals surface area contributed by atoms with Crippen LogP contribution in [0.2, 0.25) is 0 Å². The molecule has 94 valence electrons. The highest BCUT2D eigenvalue weighted by Gasteiger charge is 2.12. The number of benzene rings is 2. The van der Waals surface area contributed by atoms with Gasteiger partial charge in [-0.05, 0) is 30.7 Å². The summed E-state index contributed by atoms with van der Waals surface area (Å²) in [4.78, 5) is 1.19. The van der Waals surface area contributed by atoms with E-state index in [-0.39, 0.29) is 6.10 Å². The fourth-order valence-corrected chi connectivity index (χ4v) is 2.96. The normalized spacial score (nSPS) is 12.1. The Morgan fingerprint density at radius 1 is 1.11 bits per heavy atom. The summed E-state index contributed by atoms with van der Waals surface area (Å²) in [5.41, 5.74) is 1.12. The quantitative estimate of drug-likeness (QED) is 0.651. The minimum Gasteiger partial charge on any atom is -0.484 e. The summed E-state index contributed by atoms with van der Waals surface area (Å²) in [5.74, 6) is 0.929. The first-order valence-electron chi connectivity index (χ1n) is 6.29. The molecule has 0 saturated carbocycles. The van der Waals surface area contributed by atoms with Crippen molar-refractivity contribution in [3.05, 3.63) is 64.4 Å². The van der Waals surface area contributed by atoms with Crippen LogP contribution >= 0.6 is 11.3 Å². The average Bonchev–Trinajstić information content (AvgIpc) is 2.85. The van der Waals surface area contributed by atoms with Gasteiger partial charge in [-0.25, -0.2) is 0 Å². The first kappa shape index (κ1) is 12.1. The summed E-state index contributed by atoms with van der Waals surface area (Å²) in [6.07, 6.45) is 0.0262. The van der Waals surface area contributed by atoms with Gasteiger partial charge in [-0.2, -0.15) is 0 Å². The van der Waals surface area contributed by atoms with Crippen LogP contribution in [-0.2, 0) is 0 Å². The van der Waals surface area contributed by atoms with Crippen molar-refractivity contribution in [3.8, 4) is 5.75 Å². The zero-order chi connectivity index (χ0) is 13.2. The van der Waals surface area contributed by atoms with E-state index in [1.54, 1.807) is 11.3 Å². The van der Waals surface area contributed by atoms with Crippen LogP contribution in [0.15, 0.2) is 42.5 Å². The molecule has 1 heterocycles. The molecule has 3 rings (SSSR count). The second kappa shape index (κ2) is 4.95. The molecule has 0 spiro atoms. The van der Waals surface area contributed by atoms with Gasteiger partial charge in [-0.3, -0.25) is 0 Å². The zero-order valence-corrected chi connectivity index (χ0v) is 11.8. The molecule has 1 nitrogen and oxygen atoms in total. The second-order valence-corrected chi connectivity index (χ2v) is 5.40. The molecule has 0 bridgehead atoms. The van der Waals surface area contributed by atoms with Crippen molar-refractivity contribution in [2.75, 3.05) is 0 Å². The predicted molar refractivity (Wildman–Crippen MR) is 79.7 cm³/mol. The standard InChI is InChI=1S/C17H14OS/c1-12-10-11-19-17(12)13(2)18-16-9-5-7-14-6-3-4-8-15(14)16/h3-9,13H,1-2H3. The highest BCUT2D eigenvalue weighted by molar-refractivity contribution is 7.09. The van der Waals surface area contributed by atoms with Gasteiger partial charge in [0, 0.05) is 10.9 Å². The topological polar surface area (TPSA) is 9.23 Å². The maximum absolute atomic E-state index is 6.12. The van der Waals surface area contributed by atoms with Gasteiger partial charge in [0.1, 0.15) is 11.9 Å². The monoisotopic (exact) mass is 266 g/mol. The number of hydrogen-bond acceptors (Lipinski definition) is 2. The van der Waals surface area contributed by atoms with Crippen molar-refractivity contribution < 1.29 is 4.74 Å². The number of rotatable bonds is 3. The Morgan fingerprint density at radius 3 is 2.68 bits per heavy atom. The minimum atomic E-state index is 0.0262. The summed E-state index contributed by atoms with van der Waals surface area (Å²) in [6, 6.07) is 17.5. The van der Waals surface area contributed by atoms with Crippen molar-refractivity contribution in [2.45, 2.75) is 20.0 Å². The van der Waals surface area contributed by atoms with Crippen molar-refractivity contribution in [2.24, 2.45) is 0 Å². The lowest BCUT2D eigenvalue weighted by molar-refractivity contribution is 0.233. The molecule has 1 atom stereocenters. The van der Waals surface area contributed by atoms with Crippen LogP contribution in [0.3, 0.4) is 0 Å². The van der Waals surface area contributed by atoms with Crippen LogP contribution in [0, 0.1) is 18.4 Å². The molecule has 0 saturated heterocycles. The summed E-state index contributed by atoms with van der Waals surface area (Å²) in [7, 11) is 0. The number of fused-ring (bicyclic) bond motifs is 1. The van der Waals surface area contributed by atoms with E-state index >= 15 is 0 Å². The molecule has 19 heavy (non-hydrogen) atoms. The Hall–Kier alpha value is -1.98. The lowest BCUT2D eigenvalue weighted by Crippen LogP contribution is -2.02. The lowest BCUT2D eigenvalue weighted by atomic mass is 10.1. The van der Waals surface area contributed by atoms with E-state index in [1.165, 1.54) is 10.3 Å². The molecule has 3 aromatic rings. The van der Waals surface area contributed by atoms with E-state index in [0.717, 1.165) is 16.7 Å². The third-order valence-electron chi connectivity index (χ3n) is 3.19. The van der Waals surface area contributed by atoms with Gasteiger partial charge >= 0.3 is 0 Å². The molecule has 0 aliphatic rings. The molecule has 0 aliphatic carbocycles. The van der Waals surface area contributed by atoms with Crippen molar-refractivity contribution in [1.82, 2.24) is 0 Å². The third-order valence-corrected chi connectivity index (χ3v) is 4.25. The zero-order valence-electron chi connectivity index (χ0n) is 10.9. The predicted octanol–water partition coefficient (Wildman–Crippen LogP) is 4.95. The molecule has 0 fully saturated rings. The van der Waals surface area contributed by atoms with Crippen LogP contribution in [-0.4, -0.2) is 0 Å². The van der Waals surface area contributed by atoms with Crippen LogP contribution in [0.25, 0.3) is 10.8 Å². The Balaban J connectivity index is 1.96. The number of ether oxygens (including phenoxy) is 1. The Labute approximate surface area is 117 Å². The summed E-state index contributed by atoms with van der Waals surface area (Å²) < 4.78 is 6.12. The maximum atomic E-state index is 6.12. The Kier molecular flexibility index (Phi) is 3.15. The second-order valence-electron chi connectivity index (χ2n) is 4.56. The van der Waals surface area contributed by atoms with Gasteiger partial charge in [0.05, 0.1) is 4.88 Å². The van der Waals surface area contributed by atoms with E-state index in [0.29, 0.717) is 0 Å². The molecule has 2 aromatic carbocycles. The first-order valence-corrected chi connectivity index (χ1v) is 7.10. The van der Waals surface area contributed by atoms with Crippen LogP contribution < -0.4 is 4.74 Å².